The lowest BCUT2D eigenvalue weighted by molar-refractivity contribution is -0.143. The molecule has 0 heterocycles. The minimum absolute atomic E-state index is 0.136. The lowest BCUT2D eigenvalue weighted by Gasteiger charge is -2.15. The Balaban J connectivity index is 2.55. The van der Waals surface area contributed by atoms with Gasteiger partial charge in [-0.25, -0.2) is 0 Å². The molecule has 4 nitrogen and oxygen atoms in total. The summed E-state index contributed by atoms with van der Waals surface area (Å²) in [7, 11) is -3.60. The van der Waals surface area contributed by atoms with Crippen LogP contribution in [0, 0.1) is 0 Å². The monoisotopic (exact) mass is 400 g/mol. The zero-order valence-corrected chi connectivity index (χ0v) is 13.7. The van der Waals surface area contributed by atoms with Gasteiger partial charge in [0.1, 0.15) is 16.4 Å². The molecule has 2 rings (SSSR count). The highest BCUT2D eigenvalue weighted by Crippen LogP contribution is 2.39. The number of rotatable bonds is 4. The van der Waals surface area contributed by atoms with Gasteiger partial charge in [-0.05, 0) is 30.3 Å². The summed E-state index contributed by atoms with van der Waals surface area (Å²) >= 11 is 0. The normalized spacial score (nSPS) is 12.7. The maximum Gasteiger partial charge on any atom is 0.416 e. The Hall–Kier alpha value is -2.43. The standard InChI is InChI=1S/C15H10F6O4S/c1-24-12-4-2-3-5-13(12)26(22,23)25-11-7-9(14(16,17)18)6-10(8-11)15(19,20)21/h2-8H,1H3. The third-order valence-corrected chi connectivity index (χ3v) is 4.39. The summed E-state index contributed by atoms with van der Waals surface area (Å²) in [6, 6.07) is 5.18. The number of benzene rings is 2. The molecule has 0 bridgehead atoms. The van der Waals surface area contributed by atoms with Crippen molar-refractivity contribution < 1.29 is 43.7 Å². The van der Waals surface area contributed by atoms with Gasteiger partial charge >= 0.3 is 22.5 Å². The lowest BCUT2D eigenvalue weighted by Crippen LogP contribution is -2.14. The average molecular weight is 400 g/mol. The highest BCUT2D eigenvalue weighted by atomic mass is 32.2. The Bertz CT molecular complexity index is 871. The highest BCUT2D eigenvalue weighted by molar-refractivity contribution is 7.87. The molecule has 142 valence electrons. The topological polar surface area (TPSA) is 52.6 Å². The lowest BCUT2D eigenvalue weighted by atomic mass is 10.1. The fourth-order valence-corrected chi connectivity index (χ4v) is 3.05. The number of halogens is 6. The van der Waals surface area contributed by atoms with Crippen LogP contribution in [0.15, 0.2) is 47.4 Å². The molecule has 2 aromatic carbocycles. The van der Waals surface area contributed by atoms with Crippen LogP contribution in [0.1, 0.15) is 11.1 Å². The average Bonchev–Trinajstić information content (AvgIpc) is 2.52. The predicted molar refractivity (Wildman–Crippen MR) is 77.3 cm³/mol. The molecule has 0 aromatic heterocycles. The van der Waals surface area contributed by atoms with Crippen molar-refractivity contribution >= 4 is 10.1 Å². The van der Waals surface area contributed by atoms with Crippen molar-refractivity contribution in [2.45, 2.75) is 17.2 Å². The van der Waals surface area contributed by atoms with Crippen LogP contribution in [0.4, 0.5) is 26.3 Å². The Kier molecular flexibility index (Phi) is 5.13. The first-order valence-corrected chi connectivity index (χ1v) is 8.12. The van der Waals surface area contributed by atoms with Gasteiger partial charge in [-0.15, -0.1) is 0 Å². The number of methoxy groups -OCH3 is 1. The van der Waals surface area contributed by atoms with E-state index in [4.69, 9.17) is 4.74 Å². The van der Waals surface area contributed by atoms with E-state index in [0.29, 0.717) is 0 Å². The maximum absolute atomic E-state index is 12.8. The number of para-hydroxylation sites is 1. The number of hydrogen-bond acceptors (Lipinski definition) is 4. The van der Waals surface area contributed by atoms with Gasteiger partial charge in [0.25, 0.3) is 0 Å². The molecule has 0 fully saturated rings. The molecule has 0 amide bonds. The molecule has 2 aromatic rings. The molecule has 0 spiro atoms. The quantitative estimate of drug-likeness (QED) is 0.560. The van der Waals surface area contributed by atoms with Crippen molar-refractivity contribution in [1.29, 1.82) is 0 Å². The smallest absolute Gasteiger partial charge is 0.416 e. The Labute approximate surface area is 144 Å². The summed E-state index contributed by atoms with van der Waals surface area (Å²) in [6.45, 7) is 0. The van der Waals surface area contributed by atoms with Crippen LogP contribution < -0.4 is 8.92 Å². The molecular weight excluding hydrogens is 390 g/mol. The Morgan fingerprint density at radius 1 is 0.846 bits per heavy atom. The second kappa shape index (κ2) is 6.71. The van der Waals surface area contributed by atoms with E-state index in [2.05, 4.69) is 4.18 Å². The summed E-state index contributed by atoms with van der Waals surface area (Å²) in [5.74, 6) is -1.31. The second-order valence-corrected chi connectivity index (χ2v) is 6.44. The third kappa shape index (κ3) is 4.40. The van der Waals surface area contributed by atoms with E-state index in [1.165, 1.54) is 18.2 Å². The Morgan fingerprint density at radius 2 is 1.35 bits per heavy atom. The molecule has 0 saturated heterocycles. The minimum Gasteiger partial charge on any atom is -0.495 e. The summed E-state index contributed by atoms with van der Waals surface area (Å²) in [5.41, 5.74) is -3.39. The zero-order valence-electron chi connectivity index (χ0n) is 12.9. The number of ether oxygens (including phenoxy) is 1. The van der Waals surface area contributed by atoms with Gasteiger partial charge in [0.2, 0.25) is 0 Å². The maximum atomic E-state index is 12.8. The molecule has 0 aliphatic heterocycles. The molecular formula is C15H10F6O4S. The first-order chi connectivity index (χ1) is 11.8. The molecule has 0 aliphatic carbocycles. The zero-order chi connectivity index (χ0) is 19.8. The minimum atomic E-state index is -5.13. The van der Waals surface area contributed by atoms with E-state index in [-0.39, 0.29) is 23.9 Å². The molecule has 0 atom stereocenters. The number of alkyl halides is 6. The predicted octanol–water partition coefficient (Wildman–Crippen LogP) is 4.50. The van der Waals surface area contributed by atoms with E-state index in [9.17, 15) is 34.8 Å². The first-order valence-electron chi connectivity index (χ1n) is 6.71. The van der Waals surface area contributed by atoms with Crippen molar-refractivity contribution in [3.63, 3.8) is 0 Å². The van der Waals surface area contributed by atoms with Gasteiger partial charge in [0, 0.05) is 0 Å². The van der Waals surface area contributed by atoms with E-state index in [1.807, 2.05) is 0 Å². The molecule has 26 heavy (non-hydrogen) atoms. The van der Waals surface area contributed by atoms with Gasteiger partial charge in [0.15, 0.2) is 0 Å². The van der Waals surface area contributed by atoms with Crippen molar-refractivity contribution in [3.05, 3.63) is 53.6 Å². The van der Waals surface area contributed by atoms with Crippen molar-refractivity contribution in [3.8, 4) is 11.5 Å². The van der Waals surface area contributed by atoms with Gasteiger partial charge in [-0.1, -0.05) is 12.1 Å². The third-order valence-electron chi connectivity index (χ3n) is 3.11. The van der Waals surface area contributed by atoms with Crippen molar-refractivity contribution in [2.24, 2.45) is 0 Å². The van der Waals surface area contributed by atoms with E-state index < -0.39 is 44.2 Å². The van der Waals surface area contributed by atoms with Crippen LogP contribution in [0.2, 0.25) is 0 Å². The van der Waals surface area contributed by atoms with Crippen LogP contribution >= 0.6 is 0 Å². The molecule has 0 saturated carbocycles. The fourth-order valence-electron chi connectivity index (χ4n) is 1.97. The van der Waals surface area contributed by atoms with Crippen LogP contribution in [-0.2, 0) is 22.5 Å². The van der Waals surface area contributed by atoms with Gasteiger partial charge in [-0.2, -0.15) is 34.8 Å². The van der Waals surface area contributed by atoms with Gasteiger partial charge in [0.05, 0.1) is 18.2 Å². The summed E-state index contributed by atoms with van der Waals surface area (Å²) in [6.07, 6.45) is -10.3. The van der Waals surface area contributed by atoms with E-state index in [1.54, 1.807) is 0 Å². The van der Waals surface area contributed by atoms with Crippen LogP contribution in [0.5, 0.6) is 11.5 Å². The first kappa shape index (κ1) is 19.9. The fraction of sp³-hybridized carbons (Fsp3) is 0.200. The van der Waals surface area contributed by atoms with Gasteiger partial charge < -0.3 is 8.92 Å². The molecule has 0 N–H and O–H groups in total. The SMILES string of the molecule is COc1ccccc1S(=O)(=O)Oc1cc(C(F)(F)F)cc(C(F)(F)F)c1. The van der Waals surface area contributed by atoms with Gasteiger partial charge in [-0.3, -0.25) is 0 Å². The molecule has 11 heteroatoms. The highest BCUT2D eigenvalue weighted by Gasteiger charge is 2.38. The summed E-state index contributed by atoms with van der Waals surface area (Å²) in [5, 5.41) is 0. The molecule has 0 unspecified atom stereocenters. The van der Waals surface area contributed by atoms with E-state index >= 15 is 0 Å². The number of hydrogen-bond donors (Lipinski definition) is 0. The van der Waals surface area contributed by atoms with Crippen molar-refractivity contribution in [1.82, 2.24) is 0 Å². The summed E-state index contributed by atoms with van der Waals surface area (Å²) in [4.78, 5) is -0.548. The summed E-state index contributed by atoms with van der Waals surface area (Å²) < 4.78 is 111. The van der Waals surface area contributed by atoms with Crippen molar-refractivity contribution in [2.75, 3.05) is 7.11 Å². The Morgan fingerprint density at radius 3 is 1.81 bits per heavy atom. The van der Waals surface area contributed by atoms with E-state index in [0.717, 1.165) is 13.2 Å². The van der Waals surface area contributed by atoms with Crippen LogP contribution in [0.25, 0.3) is 0 Å². The van der Waals surface area contributed by atoms with Crippen LogP contribution in [0.3, 0.4) is 0 Å². The molecule has 0 aliphatic rings. The van der Waals surface area contributed by atoms with Crippen LogP contribution in [-0.4, -0.2) is 15.5 Å². The second-order valence-electron chi connectivity index (χ2n) is 4.93. The largest absolute Gasteiger partial charge is 0.495 e. The molecule has 0 radical (unpaired) electrons.